The summed E-state index contributed by atoms with van der Waals surface area (Å²) in [7, 11) is 1.57. The topological polar surface area (TPSA) is 95.1 Å². The number of aromatic nitrogens is 3. The molecule has 7 nitrogen and oxygen atoms in total. The summed E-state index contributed by atoms with van der Waals surface area (Å²) >= 11 is 1.38. The molecule has 3 rings (SSSR count). The number of ether oxygens (including phenoxy) is 1. The van der Waals surface area contributed by atoms with Crippen LogP contribution in [-0.2, 0) is 9.53 Å². The van der Waals surface area contributed by atoms with Gasteiger partial charge in [-0.05, 0) is 25.7 Å². The molecule has 0 saturated heterocycles. The van der Waals surface area contributed by atoms with Crippen LogP contribution in [0.4, 0.5) is 0 Å². The van der Waals surface area contributed by atoms with Crippen molar-refractivity contribution in [2.45, 2.75) is 48.0 Å². The first kappa shape index (κ1) is 13.8. The fourth-order valence-corrected chi connectivity index (χ4v) is 3.28. The molecule has 2 fully saturated rings. The van der Waals surface area contributed by atoms with Crippen LogP contribution in [0.25, 0.3) is 0 Å². The Morgan fingerprint density at radius 1 is 1.50 bits per heavy atom. The molecule has 1 aromatic rings. The maximum Gasteiger partial charge on any atom is 0.249 e. The average molecular weight is 297 g/mol. The number of carbonyl (C=O) groups excluding carboxylic acids is 1. The predicted molar refractivity (Wildman–Crippen MR) is 74.1 cm³/mol. The third kappa shape index (κ3) is 2.82. The highest BCUT2D eigenvalue weighted by molar-refractivity contribution is 8.00. The zero-order valence-corrected chi connectivity index (χ0v) is 12.2. The van der Waals surface area contributed by atoms with Crippen molar-refractivity contribution < 1.29 is 9.53 Å². The quantitative estimate of drug-likeness (QED) is 0.331. The highest BCUT2D eigenvalue weighted by Gasteiger charge is 2.37. The molecular weight excluding hydrogens is 278 g/mol. The van der Waals surface area contributed by atoms with Gasteiger partial charge < -0.3 is 9.30 Å². The average Bonchev–Trinajstić information content (AvgIpc) is 3.36. The molecule has 0 bridgehead atoms. The van der Waals surface area contributed by atoms with Crippen molar-refractivity contribution in [1.29, 1.82) is 0 Å². The van der Waals surface area contributed by atoms with Gasteiger partial charge in [-0.25, -0.2) is 5.84 Å². The van der Waals surface area contributed by atoms with Gasteiger partial charge in [-0.15, -0.1) is 10.2 Å². The second-order valence-electron chi connectivity index (χ2n) is 5.29. The number of hydrogen-bond donors (Lipinski definition) is 2. The zero-order valence-electron chi connectivity index (χ0n) is 11.4. The first-order valence-electron chi connectivity index (χ1n) is 6.85. The van der Waals surface area contributed by atoms with Crippen molar-refractivity contribution in [1.82, 2.24) is 20.2 Å². The van der Waals surface area contributed by atoms with Gasteiger partial charge in [0, 0.05) is 19.1 Å². The number of methoxy groups -OCH3 is 1. The SMILES string of the molecule is COCC(Sc1nnc(C2CC2)n1C1CC1)C(=O)NN. The van der Waals surface area contributed by atoms with Crippen LogP contribution in [-0.4, -0.2) is 39.6 Å². The Morgan fingerprint density at radius 2 is 2.25 bits per heavy atom. The van der Waals surface area contributed by atoms with Gasteiger partial charge in [-0.3, -0.25) is 10.2 Å². The summed E-state index contributed by atoms with van der Waals surface area (Å²) < 4.78 is 7.30. The van der Waals surface area contributed by atoms with Crippen molar-refractivity contribution in [3.63, 3.8) is 0 Å². The van der Waals surface area contributed by atoms with Crippen LogP contribution in [0.15, 0.2) is 5.16 Å². The summed E-state index contributed by atoms with van der Waals surface area (Å²) in [5, 5.41) is 9.00. The van der Waals surface area contributed by atoms with Crippen molar-refractivity contribution in [3.05, 3.63) is 5.82 Å². The van der Waals surface area contributed by atoms with Crippen LogP contribution in [0, 0.1) is 0 Å². The number of rotatable bonds is 7. The van der Waals surface area contributed by atoms with Gasteiger partial charge in [0.1, 0.15) is 11.1 Å². The third-order valence-electron chi connectivity index (χ3n) is 3.55. The Labute approximate surface area is 121 Å². The largest absolute Gasteiger partial charge is 0.383 e. The van der Waals surface area contributed by atoms with E-state index in [0.717, 1.165) is 11.0 Å². The number of thioether (sulfide) groups is 1. The molecule has 8 heteroatoms. The smallest absolute Gasteiger partial charge is 0.249 e. The van der Waals surface area contributed by atoms with Gasteiger partial charge in [-0.1, -0.05) is 11.8 Å². The van der Waals surface area contributed by atoms with E-state index in [1.165, 1.54) is 37.4 Å². The monoisotopic (exact) mass is 297 g/mol. The summed E-state index contributed by atoms with van der Waals surface area (Å²) in [4.78, 5) is 11.8. The molecular formula is C12H19N5O2S. The van der Waals surface area contributed by atoms with Gasteiger partial charge in [0.2, 0.25) is 5.91 Å². The van der Waals surface area contributed by atoms with E-state index >= 15 is 0 Å². The zero-order chi connectivity index (χ0) is 14.1. The third-order valence-corrected chi connectivity index (χ3v) is 4.67. The van der Waals surface area contributed by atoms with Gasteiger partial charge in [0.25, 0.3) is 0 Å². The lowest BCUT2D eigenvalue weighted by Crippen LogP contribution is -2.39. The van der Waals surface area contributed by atoms with Gasteiger partial charge in [0.05, 0.1) is 6.61 Å². The fourth-order valence-electron chi connectivity index (χ4n) is 2.20. The first-order valence-corrected chi connectivity index (χ1v) is 7.73. The molecule has 3 N–H and O–H groups in total. The molecule has 1 unspecified atom stereocenters. The Bertz CT molecular complexity index is 498. The van der Waals surface area contributed by atoms with Crippen LogP contribution in [0.2, 0.25) is 0 Å². The van der Waals surface area contributed by atoms with Crippen LogP contribution >= 0.6 is 11.8 Å². The summed E-state index contributed by atoms with van der Waals surface area (Å²) in [5.74, 6) is 6.60. The Hall–Kier alpha value is -1.12. The van der Waals surface area contributed by atoms with Gasteiger partial charge >= 0.3 is 0 Å². The van der Waals surface area contributed by atoms with E-state index in [9.17, 15) is 4.79 Å². The molecule has 0 aromatic carbocycles. The molecule has 1 atom stereocenters. The van der Waals surface area contributed by atoms with Crippen LogP contribution < -0.4 is 11.3 Å². The highest BCUT2D eigenvalue weighted by atomic mass is 32.2. The number of carbonyl (C=O) groups is 1. The summed E-state index contributed by atoms with van der Waals surface area (Å²) in [6.45, 7) is 0.296. The molecule has 2 aliphatic rings. The molecule has 1 heterocycles. The van der Waals surface area contributed by atoms with Crippen LogP contribution in [0.5, 0.6) is 0 Å². The predicted octanol–water partition coefficient (Wildman–Crippen LogP) is 0.587. The van der Waals surface area contributed by atoms with Crippen molar-refractivity contribution >= 4 is 17.7 Å². The first-order chi connectivity index (χ1) is 9.74. The minimum Gasteiger partial charge on any atom is -0.383 e. The van der Waals surface area contributed by atoms with Gasteiger partial charge in [-0.2, -0.15) is 0 Å². The van der Waals surface area contributed by atoms with E-state index in [1.54, 1.807) is 7.11 Å². The molecule has 110 valence electrons. The van der Waals surface area contributed by atoms with E-state index in [2.05, 4.69) is 20.2 Å². The van der Waals surface area contributed by atoms with Gasteiger partial charge in [0.15, 0.2) is 5.16 Å². The van der Waals surface area contributed by atoms with E-state index in [4.69, 9.17) is 10.6 Å². The molecule has 0 spiro atoms. The second kappa shape index (κ2) is 5.71. The number of nitrogens with one attached hydrogen (secondary N) is 1. The van der Waals surface area contributed by atoms with E-state index in [-0.39, 0.29) is 5.91 Å². The van der Waals surface area contributed by atoms with E-state index in [0.29, 0.717) is 18.6 Å². The Kier molecular flexibility index (Phi) is 3.95. The molecule has 0 aliphatic heterocycles. The lowest BCUT2D eigenvalue weighted by Gasteiger charge is -2.14. The molecule has 0 radical (unpaired) electrons. The molecule has 2 saturated carbocycles. The van der Waals surface area contributed by atoms with E-state index in [1.807, 2.05) is 0 Å². The second-order valence-corrected chi connectivity index (χ2v) is 6.46. The molecule has 20 heavy (non-hydrogen) atoms. The maximum atomic E-state index is 11.8. The highest BCUT2D eigenvalue weighted by Crippen LogP contribution is 2.46. The van der Waals surface area contributed by atoms with E-state index < -0.39 is 5.25 Å². The Morgan fingerprint density at radius 3 is 2.80 bits per heavy atom. The maximum absolute atomic E-state index is 11.8. The van der Waals surface area contributed by atoms with Crippen molar-refractivity contribution in [2.24, 2.45) is 5.84 Å². The number of hydrogen-bond acceptors (Lipinski definition) is 6. The standard InChI is InChI=1S/C12H19N5O2S/c1-19-6-9(11(18)14-13)20-12-16-15-10(7-2-3-7)17(12)8-4-5-8/h7-9H,2-6,13H2,1H3,(H,14,18). The lowest BCUT2D eigenvalue weighted by atomic mass is 10.4. The van der Waals surface area contributed by atoms with Crippen LogP contribution in [0.3, 0.4) is 0 Å². The fraction of sp³-hybridized carbons (Fsp3) is 0.750. The number of nitrogens with two attached hydrogens (primary N) is 1. The minimum atomic E-state index is -0.404. The Balaban J connectivity index is 1.80. The van der Waals surface area contributed by atoms with Crippen LogP contribution in [0.1, 0.15) is 43.5 Å². The number of amides is 1. The lowest BCUT2D eigenvalue weighted by molar-refractivity contribution is -0.121. The molecule has 2 aliphatic carbocycles. The van der Waals surface area contributed by atoms with Crippen molar-refractivity contribution in [3.8, 4) is 0 Å². The number of nitrogens with zero attached hydrogens (tertiary/aromatic N) is 3. The minimum absolute atomic E-state index is 0.254. The van der Waals surface area contributed by atoms with Crippen molar-refractivity contribution in [2.75, 3.05) is 13.7 Å². The summed E-state index contributed by atoms with van der Waals surface area (Å²) in [6, 6.07) is 0.507. The normalized spacial score (nSPS) is 19.9. The molecule has 1 amide bonds. The summed E-state index contributed by atoms with van der Waals surface area (Å²) in [5.41, 5.74) is 2.18. The number of hydrazine groups is 1. The summed E-state index contributed by atoms with van der Waals surface area (Å²) in [6.07, 6.45) is 4.73. The molecule has 1 aromatic heterocycles.